The van der Waals surface area contributed by atoms with Gasteiger partial charge >= 0.3 is 0 Å². The van der Waals surface area contributed by atoms with Gasteiger partial charge in [-0.15, -0.1) is 0 Å². The fourth-order valence-electron chi connectivity index (χ4n) is 3.39. The van der Waals surface area contributed by atoms with Crippen molar-refractivity contribution in [3.8, 4) is 0 Å². The molecule has 1 saturated carbocycles. The molecule has 2 fully saturated rings. The highest BCUT2D eigenvalue weighted by Gasteiger charge is 2.58. The van der Waals surface area contributed by atoms with Gasteiger partial charge in [0.05, 0.1) is 6.61 Å². The largest absolute Gasteiger partial charge is 0.394 e. The molecule has 1 aliphatic heterocycles. The summed E-state index contributed by atoms with van der Waals surface area (Å²) in [6, 6.07) is 0. The molecule has 0 radical (unpaired) electrons. The highest BCUT2D eigenvalue weighted by molar-refractivity contribution is 5.06. The van der Waals surface area contributed by atoms with Crippen LogP contribution in [0.1, 0.15) is 32.1 Å². The second-order valence-electron chi connectivity index (χ2n) is 5.57. The third kappa shape index (κ3) is 2.53. The maximum Gasteiger partial charge on any atom is 0.186 e. The van der Waals surface area contributed by atoms with Crippen molar-refractivity contribution in [3.63, 3.8) is 0 Å². The highest BCUT2D eigenvalue weighted by Crippen LogP contribution is 2.42. The van der Waals surface area contributed by atoms with Crippen LogP contribution in [0.2, 0.25) is 0 Å². The van der Waals surface area contributed by atoms with Gasteiger partial charge in [-0.3, -0.25) is 0 Å². The number of rotatable bonds is 3. The zero-order valence-electron chi connectivity index (χ0n) is 11.2. The molecule has 112 valence electrons. The molecule has 0 bridgehead atoms. The van der Waals surface area contributed by atoms with Crippen molar-refractivity contribution in [2.45, 2.75) is 62.3 Å². The van der Waals surface area contributed by atoms with E-state index in [-0.39, 0.29) is 5.92 Å². The Morgan fingerprint density at radius 1 is 1.16 bits per heavy atom. The average Bonchev–Trinajstić information content (AvgIpc) is 2.46. The van der Waals surface area contributed by atoms with Crippen LogP contribution in [0.15, 0.2) is 0 Å². The lowest BCUT2D eigenvalue weighted by molar-refractivity contribution is -0.340. The topological polar surface area (TPSA) is 99.4 Å². The predicted octanol–water partition coefficient (Wildman–Crippen LogP) is -0.617. The predicted molar refractivity (Wildman–Crippen MR) is 66.3 cm³/mol. The molecule has 1 saturated heterocycles. The molecule has 6 heteroatoms. The monoisotopic (exact) mass is 276 g/mol. The van der Waals surface area contributed by atoms with E-state index < -0.39 is 36.8 Å². The molecular weight excluding hydrogens is 252 g/mol. The number of aliphatic hydroxyl groups is 4. The molecule has 0 aromatic carbocycles. The Bertz CT molecular complexity index is 269. The molecule has 0 spiro atoms. The summed E-state index contributed by atoms with van der Waals surface area (Å²) in [5.41, 5.74) is -1.69. The molecule has 0 unspecified atom stereocenters. The maximum atomic E-state index is 10.9. The van der Waals surface area contributed by atoms with Gasteiger partial charge in [0.25, 0.3) is 0 Å². The minimum absolute atomic E-state index is 0.207. The molecule has 0 aromatic rings. The van der Waals surface area contributed by atoms with Crippen LogP contribution in [0, 0.1) is 5.92 Å². The maximum absolute atomic E-state index is 10.9. The van der Waals surface area contributed by atoms with Gasteiger partial charge in [-0.25, -0.2) is 0 Å². The van der Waals surface area contributed by atoms with Crippen LogP contribution in [0.3, 0.4) is 0 Å². The quantitative estimate of drug-likeness (QED) is 0.548. The molecule has 1 aliphatic carbocycles. The van der Waals surface area contributed by atoms with Crippen molar-refractivity contribution in [1.29, 1.82) is 0 Å². The van der Waals surface area contributed by atoms with Crippen molar-refractivity contribution in [2.75, 3.05) is 13.7 Å². The first-order valence-electron chi connectivity index (χ1n) is 6.93. The molecule has 2 aliphatic rings. The first-order valence-corrected chi connectivity index (χ1v) is 6.93. The van der Waals surface area contributed by atoms with Gasteiger partial charge in [-0.2, -0.15) is 0 Å². The number of ether oxygens (including phenoxy) is 2. The molecule has 19 heavy (non-hydrogen) atoms. The summed E-state index contributed by atoms with van der Waals surface area (Å²) in [5.74, 6) is -0.207. The Kier molecular flexibility index (Phi) is 4.81. The summed E-state index contributed by atoms with van der Waals surface area (Å²) in [5, 5.41) is 40.7. The first-order chi connectivity index (χ1) is 9.05. The molecular formula is C13H24O6. The van der Waals surface area contributed by atoms with E-state index in [0.717, 1.165) is 32.1 Å². The van der Waals surface area contributed by atoms with Gasteiger partial charge in [-0.1, -0.05) is 19.3 Å². The molecule has 2 rings (SSSR count). The molecule has 0 aromatic heterocycles. The van der Waals surface area contributed by atoms with Crippen LogP contribution in [-0.4, -0.2) is 64.3 Å². The lowest BCUT2D eigenvalue weighted by atomic mass is 9.68. The molecule has 5 atom stereocenters. The van der Waals surface area contributed by atoms with Crippen molar-refractivity contribution < 1.29 is 29.9 Å². The molecule has 0 amide bonds. The molecule has 4 N–H and O–H groups in total. The van der Waals surface area contributed by atoms with E-state index in [9.17, 15) is 20.4 Å². The normalized spacial score (nSPS) is 45.3. The van der Waals surface area contributed by atoms with Gasteiger partial charge in [0, 0.05) is 7.11 Å². The number of aliphatic hydroxyl groups excluding tert-OH is 3. The Hall–Kier alpha value is -0.240. The summed E-state index contributed by atoms with van der Waals surface area (Å²) >= 11 is 0. The average molecular weight is 276 g/mol. The van der Waals surface area contributed by atoms with Gasteiger partial charge in [0.1, 0.15) is 23.9 Å². The zero-order valence-corrected chi connectivity index (χ0v) is 11.2. The minimum Gasteiger partial charge on any atom is -0.394 e. The zero-order chi connectivity index (χ0) is 14.0. The summed E-state index contributed by atoms with van der Waals surface area (Å²) in [6.07, 6.45) is -0.0815. The van der Waals surface area contributed by atoms with Crippen LogP contribution in [0.4, 0.5) is 0 Å². The first kappa shape index (κ1) is 15.2. The molecule has 6 nitrogen and oxygen atoms in total. The fourth-order valence-corrected chi connectivity index (χ4v) is 3.39. The van der Waals surface area contributed by atoms with Crippen LogP contribution >= 0.6 is 0 Å². The lowest BCUT2D eigenvalue weighted by Crippen LogP contribution is -2.70. The van der Waals surface area contributed by atoms with E-state index in [4.69, 9.17) is 9.47 Å². The Balaban J connectivity index is 2.25. The van der Waals surface area contributed by atoms with Crippen LogP contribution < -0.4 is 0 Å². The third-order valence-electron chi connectivity index (χ3n) is 4.54. The van der Waals surface area contributed by atoms with E-state index >= 15 is 0 Å². The third-order valence-corrected chi connectivity index (χ3v) is 4.54. The van der Waals surface area contributed by atoms with Gasteiger partial charge in [0.15, 0.2) is 6.29 Å². The van der Waals surface area contributed by atoms with Crippen molar-refractivity contribution in [2.24, 2.45) is 5.92 Å². The Labute approximate surface area is 113 Å². The van der Waals surface area contributed by atoms with E-state index in [1.165, 1.54) is 7.11 Å². The van der Waals surface area contributed by atoms with E-state index in [0.29, 0.717) is 0 Å². The van der Waals surface area contributed by atoms with E-state index in [2.05, 4.69) is 0 Å². The summed E-state index contributed by atoms with van der Waals surface area (Å²) in [4.78, 5) is 0. The van der Waals surface area contributed by atoms with Crippen LogP contribution in [0.25, 0.3) is 0 Å². The van der Waals surface area contributed by atoms with Crippen molar-refractivity contribution >= 4 is 0 Å². The Morgan fingerprint density at radius 2 is 1.79 bits per heavy atom. The van der Waals surface area contributed by atoms with Crippen LogP contribution in [-0.2, 0) is 9.47 Å². The fraction of sp³-hybridized carbons (Fsp3) is 1.00. The summed E-state index contributed by atoms with van der Waals surface area (Å²) < 4.78 is 10.3. The standard InChI is InChI=1S/C13H24O6/c1-18-12-11(16)13(17,8-5-3-2-4-6-8)10(15)9(7-14)19-12/h8-12,14-17H,2-7H2,1H3/t9-,10-,11+,12-,13+/m1/s1. The number of hydrogen-bond donors (Lipinski definition) is 4. The van der Waals surface area contributed by atoms with Gasteiger partial charge in [0.2, 0.25) is 0 Å². The minimum atomic E-state index is -1.69. The van der Waals surface area contributed by atoms with Gasteiger partial charge in [-0.05, 0) is 18.8 Å². The Morgan fingerprint density at radius 3 is 2.32 bits per heavy atom. The smallest absolute Gasteiger partial charge is 0.186 e. The SMILES string of the molecule is CO[C@@H]1O[C@H](CO)[C@@H](O)[C@@](O)(C2CCCCC2)[C@H]1O. The molecule has 1 heterocycles. The number of hydrogen-bond acceptors (Lipinski definition) is 6. The lowest BCUT2D eigenvalue weighted by Gasteiger charge is -2.51. The van der Waals surface area contributed by atoms with E-state index in [1.807, 2.05) is 0 Å². The van der Waals surface area contributed by atoms with Crippen LogP contribution in [0.5, 0.6) is 0 Å². The summed E-state index contributed by atoms with van der Waals surface area (Å²) in [6.45, 7) is -0.428. The second kappa shape index (κ2) is 6.03. The highest BCUT2D eigenvalue weighted by atomic mass is 16.7. The number of methoxy groups -OCH3 is 1. The van der Waals surface area contributed by atoms with E-state index in [1.54, 1.807) is 0 Å². The van der Waals surface area contributed by atoms with Gasteiger partial charge < -0.3 is 29.9 Å². The summed E-state index contributed by atoms with van der Waals surface area (Å²) in [7, 11) is 1.36. The van der Waals surface area contributed by atoms with Crippen molar-refractivity contribution in [3.05, 3.63) is 0 Å². The second-order valence-corrected chi connectivity index (χ2v) is 5.57. The van der Waals surface area contributed by atoms with Crippen molar-refractivity contribution in [1.82, 2.24) is 0 Å².